The van der Waals surface area contributed by atoms with Gasteiger partial charge in [-0.15, -0.1) is 0 Å². The van der Waals surface area contributed by atoms with Gasteiger partial charge in [0.25, 0.3) is 0 Å². The summed E-state index contributed by atoms with van der Waals surface area (Å²) in [6.45, 7) is 0. The molecular formula is C21H20O7. The first-order valence-electron chi connectivity index (χ1n) is 10.4. The van der Waals surface area contributed by atoms with Gasteiger partial charge in [0, 0.05) is 10.8 Å². The smallest absolute Gasteiger partial charge is 0.317 e. The van der Waals surface area contributed by atoms with Gasteiger partial charge < -0.3 is 9.47 Å². The zero-order valence-corrected chi connectivity index (χ0v) is 15.2. The third kappa shape index (κ3) is 1.40. The van der Waals surface area contributed by atoms with E-state index in [1.807, 2.05) is 0 Å². The highest BCUT2D eigenvalue weighted by Crippen LogP contribution is 2.75. The Labute approximate surface area is 160 Å². The van der Waals surface area contributed by atoms with Gasteiger partial charge in [-0.1, -0.05) is 0 Å². The average Bonchev–Trinajstić information content (AvgIpc) is 3.46. The zero-order chi connectivity index (χ0) is 19.2. The molecule has 7 rings (SSSR count). The lowest BCUT2D eigenvalue weighted by molar-refractivity contribution is -0.156. The summed E-state index contributed by atoms with van der Waals surface area (Å²) in [4.78, 5) is 62.8. The third-order valence-electron chi connectivity index (χ3n) is 9.85. The lowest BCUT2D eigenvalue weighted by atomic mass is 9.58. The molecule has 2 saturated heterocycles. The molecule has 146 valence electrons. The van der Waals surface area contributed by atoms with Gasteiger partial charge in [-0.3, -0.25) is 24.0 Å². The first-order chi connectivity index (χ1) is 13.4. The number of rotatable bonds is 0. The van der Waals surface area contributed by atoms with Gasteiger partial charge in [-0.2, -0.15) is 0 Å². The van der Waals surface area contributed by atoms with Crippen molar-refractivity contribution in [3.63, 3.8) is 0 Å². The van der Waals surface area contributed by atoms with Crippen LogP contribution in [0.5, 0.6) is 0 Å². The van der Waals surface area contributed by atoms with Gasteiger partial charge in [0.2, 0.25) is 0 Å². The standard InChI is InChI=1S/C21H20O7/c22-15-11-7-3-9(13(11)17(24)27-15)20(5-7)1-2-21(19(20)26)6-8-4-10(21)14-12(8)16(23)28-18(14)25/h7-14H,1-6H2/t7?,8?,9?,10?,11?,12?,13?,14?,20-,21?/m1/s1. The molecule has 5 saturated carbocycles. The quantitative estimate of drug-likeness (QED) is 0.454. The SMILES string of the molecule is O=C1OC(=O)C2C1C1CC2C2(CC[C@]3(CC4CC3C3C(=O)OC(=O)C43)C2=O)C1. The number of cyclic esters (lactones) is 4. The Balaban J connectivity index is 1.27. The maximum absolute atomic E-state index is 14.0. The minimum Gasteiger partial charge on any atom is -0.393 e. The molecule has 10 atom stereocenters. The highest BCUT2D eigenvalue weighted by molar-refractivity contribution is 6.02. The summed E-state index contributed by atoms with van der Waals surface area (Å²) >= 11 is 0. The van der Waals surface area contributed by atoms with Crippen molar-refractivity contribution in [3.05, 3.63) is 0 Å². The molecule has 7 nitrogen and oxygen atoms in total. The van der Waals surface area contributed by atoms with E-state index in [0.717, 1.165) is 25.7 Å². The second-order valence-electron chi connectivity index (χ2n) is 10.3. The molecule has 0 aromatic rings. The fourth-order valence-corrected chi connectivity index (χ4v) is 9.16. The Hall–Kier alpha value is -2.05. The van der Waals surface area contributed by atoms with Crippen molar-refractivity contribution in [1.29, 1.82) is 0 Å². The van der Waals surface area contributed by atoms with Crippen LogP contribution in [0.1, 0.15) is 38.5 Å². The van der Waals surface area contributed by atoms with Crippen molar-refractivity contribution in [3.8, 4) is 0 Å². The molecule has 28 heavy (non-hydrogen) atoms. The predicted molar refractivity (Wildman–Crippen MR) is 87.7 cm³/mol. The van der Waals surface area contributed by atoms with Gasteiger partial charge in [0.1, 0.15) is 5.78 Å². The number of esters is 4. The Morgan fingerprint density at radius 1 is 0.607 bits per heavy atom. The van der Waals surface area contributed by atoms with E-state index in [4.69, 9.17) is 9.47 Å². The minimum atomic E-state index is -0.554. The summed E-state index contributed by atoms with van der Waals surface area (Å²) in [6, 6.07) is 0. The van der Waals surface area contributed by atoms with Crippen molar-refractivity contribution in [2.45, 2.75) is 38.5 Å². The van der Waals surface area contributed by atoms with Crippen LogP contribution in [0.4, 0.5) is 0 Å². The van der Waals surface area contributed by atoms with E-state index >= 15 is 0 Å². The lowest BCUT2D eigenvalue weighted by Gasteiger charge is -2.41. The normalized spacial score (nSPS) is 57.6. The second kappa shape index (κ2) is 4.41. The fourth-order valence-electron chi connectivity index (χ4n) is 9.16. The minimum absolute atomic E-state index is 0.0532. The van der Waals surface area contributed by atoms with E-state index < -0.39 is 46.5 Å². The zero-order valence-electron chi connectivity index (χ0n) is 15.2. The van der Waals surface area contributed by atoms with Crippen LogP contribution in [0.2, 0.25) is 0 Å². The topological polar surface area (TPSA) is 104 Å². The Morgan fingerprint density at radius 3 is 1.43 bits per heavy atom. The molecule has 7 fully saturated rings. The van der Waals surface area contributed by atoms with Gasteiger partial charge in [-0.25, -0.2) is 0 Å². The Kier molecular flexibility index (Phi) is 2.49. The van der Waals surface area contributed by atoms with Crippen LogP contribution in [-0.2, 0) is 33.4 Å². The van der Waals surface area contributed by atoms with Crippen molar-refractivity contribution in [1.82, 2.24) is 0 Å². The highest BCUT2D eigenvalue weighted by atomic mass is 16.6. The molecule has 4 bridgehead atoms. The largest absolute Gasteiger partial charge is 0.393 e. The van der Waals surface area contributed by atoms with Crippen LogP contribution in [0.25, 0.3) is 0 Å². The van der Waals surface area contributed by atoms with Crippen molar-refractivity contribution >= 4 is 29.7 Å². The number of Topliss-reactive ketones (excluding diaryl/α,β-unsaturated/α-hetero) is 1. The van der Waals surface area contributed by atoms with Crippen LogP contribution in [0, 0.1) is 58.2 Å². The number of carbonyl (C=O) groups is 5. The van der Waals surface area contributed by atoms with E-state index in [1.165, 1.54) is 0 Å². The highest BCUT2D eigenvalue weighted by Gasteiger charge is 2.78. The maximum atomic E-state index is 14.0. The summed E-state index contributed by atoms with van der Waals surface area (Å²) in [7, 11) is 0. The molecule has 5 aliphatic carbocycles. The molecule has 0 radical (unpaired) electrons. The summed E-state index contributed by atoms with van der Waals surface area (Å²) in [5.74, 6) is -3.28. The first-order valence-corrected chi connectivity index (χ1v) is 10.4. The van der Waals surface area contributed by atoms with Crippen LogP contribution in [0.3, 0.4) is 0 Å². The molecular weight excluding hydrogens is 364 g/mol. The number of carbonyl (C=O) groups excluding carboxylic acids is 5. The molecule has 0 aromatic heterocycles. The van der Waals surface area contributed by atoms with Crippen LogP contribution in [0.15, 0.2) is 0 Å². The van der Waals surface area contributed by atoms with Crippen LogP contribution >= 0.6 is 0 Å². The second-order valence-corrected chi connectivity index (χ2v) is 10.3. The number of hydrogen-bond donors (Lipinski definition) is 0. The van der Waals surface area contributed by atoms with Gasteiger partial charge in [-0.05, 0) is 62.2 Å². The van der Waals surface area contributed by atoms with E-state index in [2.05, 4.69) is 0 Å². The number of ketones is 1. The molecule has 2 spiro atoms. The lowest BCUT2D eigenvalue weighted by Crippen LogP contribution is -2.48. The Morgan fingerprint density at radius 2 is 1.00 bits per heavy atom. The molecule has 9 unspecified atom stereocenters. The first kappa shape index (κ1) is 15.8. The number of ether oxygens (including phenoxy) is 2. The van der Waals surface area contributed by atoms with E-state index in [-0.39, 0.29) is 41.3 Å². The average molecular weight is 384 g/mol. The Bertz CT molecular complexity index is 850. The summed E-state index contributed by atoms with van der Waals surface area (Å²) in [5, 5.41) is 0. The van der Waals surface area contributed by atoms with Crippen molar-refractivity contribution in [2.75, 3.05) is 0 Å². The number of hydrogen-bond acceptors (Lipinski definition) is 7. The third-order valence-corrected chi connectivity index (χ3v) is 9.85. The number of fused-ring (bicyclic) bond motifs is 12. The molecule has 7 aliphatic rings. The van der Waals surface area contributed by atoms with Crippen LogP contribution in [-0.4, -0.2) is 29.7 Å². The van der Waals surface area contributed by atoms with Crippen molar-refractivity contribution in [2.24, 2.45) is 58.2 Å². The van der Waals surface area contributed by atoms with E-state index in [0.29, 0.717) is 12.8 Å². The monoisotopic (exact) mass is 384 g/mol. The van der Waals surface area contributed by atoms with Crippen molar-refractivity contribution < 1.29 is 33.4 Å². The predicted octanol–water partition coefficient (Wildman–Crippen LogP) is 1.03. The van der Waals surface area contributed by atoms with Gasteiger partial charge in [0.15, 0.2) is 0 Å². The molecule has 7 heteroatoms. The van der Waals surface area contributed by atoms with Gasteiger partial charge >= 0.3 is 23.9 Å². The van der Waals surface area contributed by atoms with E-state index in [9.17, 15) is 24.0 Å². The molecule has 0 N–H and O–H groups in total. The van der Waals surface area contributed by atoms with Crippen LogP contribution < -0.4 is 0 Å². The fraction of sp³-hybridized carbons (Fsp3) is 0.762. The summed E-state index contributed by atoms with van der Waals surface area (Å²) < 4.78 is 9.82. The molecule has 2 heterocycles. The molecule has 0 amide bonds. The summed E-state index contributed by atoms with van der Waals surface area (Å²) in [6.07, 6.45) is 4.27. The molecule has 0 aromatic carbocycles. The van der Waals surface area contributed by atoms with Gasteiger partial charge in [0.05, 0.1) is 23.7 Å². The summed E-state index contributed by atoms with van der Waals surface area (Å²) in [5.41, 5.74) is -1.11. The maximum Gasteiger partial charge on any atom is 0.317 e. The van der Waals surface area contributed by atoms with E-state index in [1.54, 1.807) is 0 Å². The molecule has 2 aliphatic heterocycles.